The summed E-state index contributed by atoms with van der Waals surface area (Å²) < 4.78 is 12.5. The lowest BCUT2D eigenvalue weighted by Gasteiger charge is -2.14. The molecule has 2 rings (SSSR count). The summed E-state index contributed by atoms with van der Waals surface area (Å²) in [4.78, 5) is 0. The molecule has 0 radical (unpaired) electrons. The van der Waals surface area contributed by atoms with Crippen molar-refractivity contribution in [1.29, 1.82) is 0 Å². The summed E-state index contributed by atoms with van der Waals surface area (Å²) in [7, 11) is 0. The molecule has 0 spiro atoms. The van der Waals surface area contributed by atoms with Crippen molar-refractivity contribution in [2.75, 3.05) is 13.2 Å². The average molecular weight is 168 g/mol. The van der Waals surface area contributed by atoms with E-state index in [0.717, 1.165) is 20.6 Å². The van der Waals surface area contributed by atoms with Gasteiger partial charge in [0.1, 0.15) is 13.2 Å². The smallest absolute Gasteiger partial charge is 0.179 e. The van der Waals surface area contributed by atoms with Gasteiger partial charge >= 0.3 is 0 Å². The topological polar surface area (TPSA) is 18.5 Å². The summed E-state index contributed by atoms with van der Waals surface area (Å²) in [6.07, 6.45) is 0. The minimum absolute atomic E-state index is 0.617. The maximum absolute atomic E-state index is 5.36. The van der Waals surface area contributed by atoms with Gasteiger partial charge in [0.05, 0.1) is 9.06 Å². The molecular formula is C8H8O2S. The standard InChI is InChI=1S/C8H8O2S/c1-5-7-8(6(2)11-5)10-4-3-9-7/h1-4H2. The van der Waals surface area contributed by atoms with Gasteiger partial charge in [0.2, 0.25) is 0 Å². The van der Waals surface area contributed by atoms with E-state index in [4.69, 9.17) is 9.47 Å². The lowest BCUT2D eigenvalue weighted by molar-refractivity contribution is 0.171. The Morgan fingerprint density at radius 2 is 1.45 bits per heavy atom. The highest BCUT2D eigenvalue weighted by Gasteiger charge is 2.14. The number of hydrogen-bond donors (Lipinski definition) is 0. The lowest BCUT2D eigenvalue weighted by Crippen LogP contribution is -2.18. The van der Waals surface area contributed by atoms with Crippen molar-refractivity contribution in [2.45, 2.75) is 0 Å². The van der Waals surface area contributed by atoms with Crippen molar-refractivity contribution in [3.8, 4) is 11.5 Å². The van der Waals surface area contributed by atoms with E-state index >= 15 is 0 Å². The van der Waals surface area contributed by atoms with Gasteiger partial charge in [-0.2, -0.15) is 0 Å². The van der Waals surface area contributed by atoms with Crippen LogP contribution in [-0.4, -0.2) is 13.2 Å². The van der Waals surface area contributed by atoms with E-state index in [9.17, 15) is 0 Å². The van der Waals surface area contributed by atoms with Crippen LogP contribution in [0.25, 0.3) is 13.2 Å². The van der Waals surface area contributed by atoms with Gasteiger partial charge in [-0.1, -0.05) is 13.2 Å². The molecule has 0 atom stereocenters. The van der Waals surface area contributed by atoms with Crippen molar-refractivity contribution in [1.82, 2.24) is 0 Å². The molecule has 0 unspecified atom stereocenters. The highest BCUT2D eigenvalue weighted by molar-refractivity contribution is 7.08. The highest BCUT2D eigenvalue weighted by atomic mass is 32.1. The Balaban J connectivity index is 2.70. The van der Waals surface area contributed by atoms with Crippen LogP contribution in [0.4, 0.5) is 0 Å². The predicted molar refractivity (Wildman–Crippen MR) is 45.6 cm³/mol. The van der Waals surface area contributed by atoms with Crippen LogP contribution in [0.1, 0.15) is 0 Å². The minimum Gasteiger partial charge on any atom is -0.485 e. The Hall–Kier alpha value is -0.960. The van der Waals surface area contributed by atoms with Crippen LogP contribution < -0.4 is 18.5 Å². The maximum atomic E-state index is 5.36. The first-order chi connectivity index (χ1) is 5.29. The molecule has 11 heavy (non-hydrogen) atoms. The van der Waals surface area contributed by atoms with Crippen molar-refractivity contribution in [3.05, 3.63) is 9.06 Å². The first-order valence-electron chi connectivity index (χ1n) is 3.35. The van der Waals surface area contributed by atoms with Crippen molar-refractivity contribution >= 4 is 24.5 Å². The zero-order valence-corrected chi connectivity index (χ0v) is 6.87. The number of fused-ring (bicyclic) bond motifs is 1. The molecule has 0 saturated carbocycles. The number of thiophene rings is 1. The van der Waals surface area contributed by atoms with E-state index < -0.39 is 0 Å². The molecule has 0 N–H and O–H groups in total. The van der Waals surface area contributed by atoms with Crippen molar-refractivity contribution in [2.24, 2.45) is 0 Å². The molecule has 0 amide bonds. The van der Waals surface area contributed by atoms with Gasteiger partial charge in [-0.3, -0.25) is 0 Å². The average Bonchev–Trinajstić information content (AvgIpc) is 2.30. The second-order valence-electron chi connectivity index (χ2n) is 2.30. The third-order valence-electron chi connectivity index (χ3n) is 1.54. The molecule has 1 aliphatic rings. The Morgan fingerprint density at radius 1 is 1.00 bits per heavy atom. The quantitative estimate of drug-likeness (QED) is 0.556. The molecule has 58 valence electrons. The first kappa shape index (κ1) is 6.73. The van der Waals surface area contributed by atoms with Crippen LogP contribution in [0.3, 0.4) is 0 Å². The molecule has 1 aliphatic heterocycles. The SMILES string of the molecule is C=c1sc(=C)c2c1OCCO2. The largest absolute Gasteiger partial charge is 0.485 e. The second-order valence-corrected chi connectivity index (χ2v) is 3.49. The Kier molecular flexibility index (Phi) is 1.39. The molecule has 1 aromatic rings. The zero-order valence-electron chi connectivity index (χ0n) is 6.05. The van der Waals surface area contributed by atoms with Gasteiger partial charge in [-0.15, -0.1) is 11.3 Å². The summed E-state index contributed by atoms with van der Waals surface area (Å²) in [5.41, 5.74) is 0. The lowest BCUT2D eigenvalue weighted by atomic mass is 10.4. The fraction of sp³-hybridized carbons (Fsp3) is 0.250. The summed E-state index contributed by atoms with van der Waals surface area (Å²) in [5.74, 6) is 1.57. The van der Waals surface area contributed by atoms with Crippen LogP contribution >= 0.6 is 11.3 Å². The third-order valence-corrected chi connectivity index (χ3v) is 2.40. The van der Waals surface area contributed by atoms with Crippen LogP contribution in [0, 0.1) is 0 Å². The molecule has 0 saturated heterocycles. The van der Waals surface area contributed by atoms with Gasteiger partial charge in [0, 0.05) is 0 Å². The maximum Gasteiger partial charge on any atom is 0.179 e. The summed E-state index contributed by atoms with van der Waals surface area (Å²) >= 11 is 1.51. The number of ether oxygens (including phenoxy) is 2. The summed E-state index contributed by atoms with van der Waals surface area (Å²) in [5, 5.41) is 0. The minimum atomic E-state index is 0.617. The molecule has 3 heteroatoms. The normalized spacial score (nSPS) is 14.9. The monoisotopic (exact) mass is 168 g/mol. The molecule has 0 aliphatic carbocycles. The van der Waals surface area contributed by atoms with Gasteiger partial charge in [0.25, 0.3) is 0 Å². The van der Waals surface area contributed by atoms with E-state index in [0.29, 0.717) is 13.2 Å². The second kappa shape index (κ2) is 2.27. The molecule has 2 nitrogen and oxygen atoms in total. The van der Waals surface area contributed by atoms with E-state index in [1.807, 2.05) is 0 Å². The molecule has 0 aromatic carbocycles. The van der Waals surface area contributed by atoms with Gasteiger partial charge < -0.3 is 9.47 Å². The molecule has 2 heterocycles. The molecule has 0 fully saturated rings. The van der Waals surface area contributed by atoms with Gasteiger partial charge in [-0.25, -0.2) is 0 Å². The first-order valence-corrected chi connectivity index (χ1v) is 4.17. The van der Waals surface area contributed by atoms with Crippen LogP contribution in [0.5, 0.6) is 11.5 Å². The van der Waals surface area contributed by atoms with Crippen LogP contribution in [0.15, 0.2) is 0 Å². The fourth-order valence-corrected chi connectivity index (χ4v) is 1.86. The van der Waals surface area contributed by atoms with Crippen molar-refractivity contribution in [3.63, 3.8) is 0 Å². The highest BCUT2D eigenvalue weighted by Crippen LogP contribution is 2.22. The van der Waals surface area contributed by atoms with Gasteiger partial charge in [-0.05, 0) is 0 Å². The number of rotatable bonds is 0. The fourth-order valence-electron chi connectivity index (χ4n) is 1.07. The van der Waals surface area contributed by atoms with Gasteiger partial charge in [0.15, 0.2) is 11.5 Å². The summed E-state index contributed by atoms with van der Waals surface area (Å²) in [6.45, 7) is 8.89. The van der Waals surface area contributed by atoms with E-state index in [2.05, 4.69) is 13.2 Å². The predicted octanol–water partition coefficient (Wildman–Crippen LogP) is 0.340. The molecule has 1 aromatic heterocycles. The van der Waals surface area contributed by atoms with E-state index in [-0.39, 0.29) is 0 Å². The zero-order chi connectivity index (χ0) is 7.84. The molecular weight excluding hydrogens is 160 g/mol. The van der Waals surface area contributed by atoms with Crippen LogP contribution in [0.2, 0.25) is 0 Å². The Bertz CT molecular complexity index is 332. The summed E-state index contributed by atoms with van der Waals surface area (Å²) in [6, 6.07) is 0. The Labute approximate surface area is 68.4 Å². The number of hydrogen-bond acceptors (Lipinski definition) is 3. The van der Waals surface area contributed by atoms with E-state index in [1.54, 1.807) is 0 Å². The van der Waals surface area contributed by atoms with Crippen molar-refractivity contribution < 1.29 is 9.47 Å². The Morgan fingerprint density at radius 3 is 1.91 bits per heavy atom. The van der Waals surface area contributed by atoms with Crippen LogP contribution in [-0.2, 0) is 0 Å². The third kappa shape index (κ3) is 0.922. The molecule has 0 bridgehead atoms. The van der Waals surface area contributed by atoms with E-state index in [1.165, 1.54) is 11.3 Å².